The molecule has 1 atom stereocenters. The molecule has 2 rings (SSSR count). The van der Waals surface area contributed by atoms with Crippen LogP contribution in [0.4, 0.5) is 5.69 Å². The Morgan fingerprint density at radius 2 is 2.29 bits per heavy atom. The van der Waals surface area contributed by atoms with Crippen LogP contribution in [0.25, 0.3) is 0 Å². The van der Waals surface area contributed by atoms with E-state index in [2.05, 4.69) is 5.43 Å². The van der Waals surface area contributed by atoms with Crippen molar-refractivity contribution in [3.05, 3.63) is 24.3 Å². The SMILES string of the molecule is CC(C(=O)NN)N1CCCOc2ccccc21. The Labute approximate surface area is 101 Å². The van der Waals surface area contributed by atoms with E-state index in [1.54, 1.807) is 0 Å². The fourth-order valence-electron chi connectivity index (χ4n) is 2.02. The third-order valence-electron chi connectivity index (χ3n) is 2.96. The summed E-state index contributed by atoms with van der Waals surface area (Å²) in [5.74, 6) is 5.81. The molecule has 0 fully saturated rings. The number of nitrogens with two attached hydrogens (primary N) is 1. The Morgan fingerprint density at radius 3 is 3.06 bits per heavy atom. The van der Waals surface area contributed by atoms with Crippen LogP contribution >= 0.6 is 0 Å². The molecule has 0 aliphatic carbocycles. The van der Waals surface area contributed by atoms with E-state index in [4.69, 9.17) is 10.6 Å². The molecule has 0 spiro atoms. The van der Waals surface area contributed by atoms with E-state index in [1.807, 2.05) is 36.1 Å². The van der Waals surface area contributed by atoms with Gasteiger partial charge in [0, 0.05) is 6.54 Å². The predicted molar refractivity (Wildman–Crippen MR) is 65.7 cm³/mol. The number of carbonyl (C=O) groups is 1. The lowest BCUT2D eigenvalue weighted by molar-refractivity contribution is -0.122. The maximum absolute atomic E-state index is 11.6. The van der Waals surface area contributed by atoms with E-state index in [1.165, 1.54) is 0 Å². The Kier molecular flexibility index (Phi) is 3.49. The topological polar surface area (TPSA) is 67.6 Å². The summed E-state index contributed by atoms with van der Waals surface area (Å²) in [6.07, 6.45) is 0.886. The summed E-state index contributed by atoms with van der Waals surface area (Å²) in [5, 5.41) is 0. The number of amides is 1. The number of benzene rings is 1. The molecule has 0 saturated carbocycles. The summed E-state index contributed by atoms with van der Waals surface area (Å²) >= 11 is 0. The zero-order chi connectivity index (χ0) is 12.3. The third-order valence-corrected chi connectivity index (χ3v) is 2.96. The normalized spacial score (nSPS) is 16.5. The molecular weight excluding hydrogens is 218 g/mol. The lowest BCUT2D eigenvalue weighted by atomic mass is 10.2. The largest absolute Gasteiger partial charge is 0.491 e. The molecule has 17 heavy (non-hydrogen) atoms. The van der Waals surface area contributed by atoms with Gasteiger partial charge in [-0.3, -0.25) is 10.2 Å². The van der Waals surface area contributed by atoms with Crippen molar-refractivity contribution >= 4 is 11.6 Å². The number of hydrazine groups is 1. The van der Waals surface area contributed by atoms with Crippen molar-refractivity contribution in [3.8, 4) is 5.75 Å². The molecule has 1 aromatic carbocycles. The van der Waals surface area contributed by atoms with Crippen molar-refractivity contribution in [2.24, 2.45) is 5.84 Å². The van der Waals surface area contributed by atoms with Gasteiger partial charge in [-0.25, -0.2) is 5.84 Å². The summed E-state index contributed by atoms with van der Waals surface area (Å²) in [6, 6.07) is 7.44. The highest BCUT2D eigenvalue weighted by atomic mass is 16.5. The van der Waals surface area contributed by atoms with Crippen molar-refractivity contribution in [2.45, 2.75) is 19.4 Å². The molecule has 5 heteroatoms. The number of hydrogen-bond donors (Lipinski definition) is 2. The molecule has 3 N–H and O–H groups in total. The van der Waals surface area contributed by atoms with Gasteiger partial charge in [-0.2, -0.15) is 0 Å². The van der Waals surface area contributed by atoms with Gasteiger partial charge < -0.3 is 9.64 Å². The van der Waals surface area contributed by atoms with Crippen LogP contribution in [0.15, 0.2) is 24.3 Å². The maximum atomic E-state index is 11.6. The van der Waals surface area contributed by atoms with Crippen molar-refractivity contribution in [1.82, 2.24) is 5.43 Å². The van der Waals surface area contributed by atoms with Crippen LogP contribution in [0.1, 0.15) is 13.3 Å². The van der Waals surface area contributed by atoms with Crippen LogP contribution in [-0.2, 0) is 4.79 Å². The Bertz CT molecular complexity index is 408. The van der Waals surface area contributed by atoms with E-state index >= 15 is 0 Å². The Hall–Kier alpha value is -1.75. The minimum atomic E-state index is -0.303. The summed E-state index contributed by atoms with van der Waals surface area (Å²) < 4.78 is 5.64. The number of nitrogens with zero attached hydrogens (tertiary/aromatic N) is 1. The molecule has 1 aromatic rings. The number of anilines is 1. The van der Waals surface area contributed by atoms with E-state index in [9.17, 15) is 4.79 Å². The van der Waals surface area contributed by atoms with Crippen molar-refractivity contribution in [2.75, 3.05) is 18.1 Å². The average molecular weight is 235 g/mol. The highest BCUT2D eigenvalue weighted by molar-refractivity contribution is 5.85. The summed E-state index contributed by atoms with van der Waals surface area (Å²) in [5.41, 5.74) is 3.14. The van der Waals surface area contributed by atoms with Crippen LogP contribution < -0.4 is 20.9 Å². The molecule has 1 aliphatic heterocycles. The van der Waals surface area contributed by atoms with Crippen LogP contribution in [0.5, 0.6) is 5.75 Å². The number of fused-ring (bicyclic) bond motifs is 1. The quantitative estimate of drug-likeness (QED) is 0.449. The first-order chi connectivity index (χ1) is 8.24. The Balaban J connectivity index is 2.31. The highest BCUT2D eigenvalue weighted by Gasteiger charge is 2.24. The first-order valence-corrected chi connectivity index (χ1v) is 5.73. The summed E-state index contributed by atoms with van der Waals surface area (Å²) in [6.45, 7) is 3.29. The van der Waals surface area contributed by atoms with Crippen LogP contribution in [-0.4, -0.2) is 25.1 Å². The van der Waals surface area contributed by atoms with Gasteiger partial charge in [0.15, 0.2) is 0 Å². The number of hydrogen-bond acceptors (Lipinski definition) is 4. The molecule has 0 bridgehead atoms. The van der Waals surface area contributed by atoms with Crippen LogP contribution in [0.2, 0.25) is 0 Å². The molecule has 1 heterocycles. The molecule has 0 radical (unpaired) electrons. The molecule has 1 unspecified atom stereocenters. The maximum Gasteiger partial charge on any atom is 0.256 e. The number of ether oxygens (including phenoxy) is 1. The first kappa shape index (κ1) is 11.7. The molecule has 1 aliphatic rings. The van der Waals surface area contributed by atoms with E-state index in [0.717, 1.165) is 24.4 Å². The number of nitrogens with one attached hydrogen (secondary N) is 1. The Morgan fingerprint density at radius 1 is 1.53 bits per heavy atom. The summed E-state index contributed by atoms with van der Waals surface area (Å²) in [7, 11) is 0. The second-order valence-corrected chi connectivity index (χ2v) is 4.05. The van der Waals surface area contributed by atoms with Crippen LogP contribution in [0, 0.1) is 0 Å². The van der Waals surface area contributed by atoms with Gasteiger partial charge in [-0.1, -0.05) is 12.1 Å². The van der Waals surface area contributed by atoms with Gasteiger partial charge >= 0.3 is 0 Å². The lowest BCUT2D eigenvalue weighted by Crippen LogP contribution is -2.47. The number of carbonyl (C=O) groups excluding carboxylic acids is 1. The van der Waals surface area contributed by atoms with Gasteiger partial charge in [-0.15, -0.1) is 0 Å². The lowest BCUT2D eigenvalue weighted by Gasteiger charge is -2.28. The smallest absolute Gasteiger partial charge is 0.256 e. The van der Waals surface area contributed by atoms with Gasteiger partial charge in [0.1, 0.15) is 11.8 Å². The molecular formula is C12H17N3O2. The fourth-order valence-corrected chi connectivity index (χ4v) is 2.02. The summed E-state index contributed by atoms with van der Waals surface area (Å²) in [4.78, 5) is 13.6. The van der Waals surface area contributed by atoms with Gasteiger partial charge in [0.25, 0.3) is 5.91 Å². The minimum Gasteiger partial charge on any atom is -0.491 e. The monoisotopic (exact) mass is 235 g/mol. The van der Waals surface area contributed by atoms with E-state index in [0.29, 0.717) is 6.61 Å². The molecule has 0 aromatic heterocycles. The van der Waals surface area contributed by atoms with Gasteiger partial charge in [0.05, 0.1) is 12.3 Å². The highest BCUT2D eigenvalue weighted by Crippen LogP contribution is 2.31. The van der Waals surface area contributed by atoms with Gasteiger partial charge in [0.2, 0.25) is 0 Å². The van der Waals surface area contributed by atoms with Crippen molar-refractivity contribution in [1.29, 1.82) is 0 Å². The standard InChI is InChI=1S/C12H17N3O2/c1-9(12(16)14-13)15-7-4-8-17-11-6-3-2-5-10(11)15/h2-3,5-6,9H,4,7-8,13H2,1H3,(H,14,16). The first-order valence-electron chi connectivity index (χ1n) is 5.73. The second-order valence-electron chi connectivity index (χ2n) is 4.05. The number of para-hydroxylation sites is 2. The van der Waals surface area contributed by atoms with E-state index < -0.39 is 0 Å². The van der Waals surface area contributed by atoms with Crippen LogP contribution in [0.3, 0.4) is 0 Å². The van der Waals surface area contributed by atoms with Gasteiger partial charge in [-0.05, 0) is 25.5 Å². The zero-order valence-corrected chi connectivity index (χ0v) is 9.85. The molecule has 0 saturated heterocycles. The average Bonchev–Trinajstić information content (AvgIpc) is 2.59. The van der Waals surface area contributed by atoms with E-state index in [-0.39, 0.29) is 11.9 Å². The third kappa shape index (κ3) is 2.34. The van der Waals surface area contributed by atoms with Crippen molar-refractivity contribution in [3.63, 3.8) is 0 Å². The molecule has 1 amide bonds. The zero-order valence-electron chi connectivity index (χ0n) is 9.85. The minimum absolute atomic E-state index is 0.193. The second kappa shape index (κ2) is 5.05. The molecule has 92 valence electrons. The number of rotatable bonds is 2. The predicted octanol–water partition coefficient (Wildman–Crippen LogP) is 0.654. The van der Waals surface area contributed by atoms with Crippen molar-refractivity contribution < 1.29 is 9.53 Å². The fraction of sp³-hybridized carbons (Fsp3) is 0.417. The molecule has 5 nitrogen and oxygen atoms in total.